The fraction of sp³-hybridized carbons (Fsp3) is 0.294. The number of hydrogen-bond acceptors (Lipinski definition) is 3. The van der Waals surface area contributed by atoms with Crippen LogP contribution in [-0.4, -0.2) is 12.2 Å². The highest BCUT2D eigenvalue weighted by atomic mass is 16.5. The zero-order chi connectivity index (χ0) is 13.9. The van der Waals surface area contributed by atoms with Gasteiger partial charge < -0.3 is 15.2 Å². The topological polar surface area (TPSA) is 41.5 Å². The van der Waals surface area contributed by atoms with Gasteiger partial charge in [-0.3, -0.25) is 0 Å². The monoisotopic (exact) mass is 269 g/mol. The molecule has 1 aliphatic carbocycles. The second-order valence-corrected chi connectivity index (χ2v) is 5.17. The van der Waals surface area contributed by atoms with Gasteiger partial charge in [0.05, 0.1) is 18.8 Å². The number of fused-ring (bicyclic) bond motifs is 1. The third-order valence-electron chi connectivity index (χ3n) is 3.88. The van der Waals surface area contributed by atoms with Crippen LogP contribution < -0.4 is 10.1 Å². The summed E-state index contributed by atoms with van der Waals surface area (Å²) in [4.78, 5) is 0. The highest BCUT2D eigenvalue weighted by Gasteiger charge is 2.21. The van der Waals surface area contributed by atoms with E-state index in [4.69, 9.17) is 4.74 Å². The summed E-state index contributed by atoms with van der Waals surface area (Å²) in [5, 5.41) is 13.3. The maximum absolute atomic E-state index is 9.72. The van der Waals surface area contributed by atoms with E-state index in [9.17, 15) is 5.11 Å². The Bertz CT molecular complexity index is 610. The van der Waals surface area contributed by atoms with Gasteiger partial charge in [-0.25, -0.2) is 0 Å². The van der Waals surface area contributed by atoms with E-state index in [0.717, 1.165) is 30.7 Å². The van der Waals surface area contributed by atoms with Crippen molar-refractivity contribution in [2.75, 3.05) is 12.4 Å². The second kappa shape index (κ2) is 5.45. The lowest BCUT2D eigenvalue weighted by Crippen LogP contribution is -2.17. The summed E-state index contributed by atoms with van der Waals surface area (Å²) in [6, 6.07) is 13.8. The molecule has 0 fully saturated rings. The molecule has 0 aromatic heterocycles. The Morgan fingerprint density at radius 3 is 2.90 bits per heavy atom. The maximum atomic E-state index is 9.72. The first kappa shape index (κ1) is 12.9. The molecule has 3 rings (SSSR count). The Kier molecular flexibility index (Phi) is 3.50. The van der Waals surface area contributed by atoms with Gasteiger partial charge in [0, 0.05) is 0 Å². The number of rotatable bonds is 3. The number of aromatic hydroxyl groups is 1. The van der Waals surface area contributed by atoms with Gasteiger partial charge in [-0.2, -0.15) is 0 Å². The van der Waals surface area contributed by atoms with Crippen LogP contribution in [0.3, 0.4) is 0 Å². The molecule has 0 spiro atoms. The van der Waals surface area contributed by atoms with E-state index in [1.165, 1.54) is 11.1 Å². The van der Waals surface area contributed by atoms with Gasteiger partial charge in [0.2, 0.25) is 0 Å². The predicted octanol–water partition coefficient (Wildman–Crippen LogP) is 3.89. The molecule has 0 heterocycles. The lowest BCUT2D eigenvalue weighted by molar-refractivity contribution is 0.415. The van der Waals surface area contributed by atoms with Crippen molar-refractivity contribution in [3.8, 4) is 11.5 Å². The molecular formula is C17H19NO2. The lowest BCUT2D eigenvalue weighted by atomic mass is 9.87. The largest absolute Gasteiger partial charge is 0.508 e. The van der Waals surface area contributed by atoms with Crippen LogP contribution >= 0.6 is 0 Å². The van der Waals surface area contributed by atoms with Gasteiger partial charge in [-0.15, -0.1) is 0 Å². The van der Waals surface area contributed by atoms with E-state index in [2.05, 4.69) is 5.32 Å². The summed E-state index contributed by atoms with van der Waals surface area (Å²) in [5.41, 5.74) is 3.51. The van der Waals surface area contributed by atoms with Gasteiger partial charge >= 0.3 is 0 Å². The molecule has 104 valence electrons. The second-order valence-electron chi connectivity index (χ2n) is 5.17. The highest BCUT2D eigenvalue weighted by Crippen LogP contribution is 2.36. The summed E-state index contributed by atoms with van der Waals surface area (Å²) < 4.78 is 5.39. The first-order valence-corrected chi connectivity index (χ1v) is 6.99. The number of nitrogens with one attached hydrogen (secondary N) is 1. The number of phenolic OH excluding ortho intramolecular Hbond substituents is 1. The van der Waals surface area contributed by atoms with Gasteiger partial charge in [0.15, 0.2) is 0 Å². The first-order chi connectivity index (χ1) is 9.78. The third kappa shape index (κ3) is 2.44. The average molecular weight is 269 g/mol. The molecule has 0 amide bonds. The van der Waals surface area contributed by atoms with Crippen molar-refractivity contribution in [1.29, 1.82) is 0 Å². The molecule has 1 aliphatic rings. The molecule has 0 saturated carbocycles. The molecule has 3 nitrogen and oxygen atoms in total. The van der Waals surface area contributed by atoms with Crippen molar-refractivity contribution in [3.63, 3.8) is 0 Å². The zero-order valence-electron chi connectivity index (χ0n) is 11.6. The fourth-order valence-corrected chi connectivity index (χ4v) is 2.89. The van der Waals surface area contributed by atoms with Gasteiger partial charge in [0.25, 0.3) is 0 Å². The Morgan fingerprint density at radius 1 is 1.20 bits per heavy atom. The summed E-state index contributed by atoms with van der Waals surface area (Å²) in [5.74, 6) is 1.18. The normalized spacial score (nSPS) is 17.4. The number of anilines is 1. The Morgan fingerprint density at radius 2 is 2.05 bits per heavy atom. The Balaban J connectivity index is 1.91. The maximum Gasteiger partial charge on any atom is 0.141 e. The minimum Gasteiger partial charge on any atom is -0.508 e. The highest BCUT2D eigenvalue weighted by molar-refractivity contribution is 5.58. The number of benzene rings is 2. The van der Waals surface area contributed by atoms with E-state index in [0.29, 0.717) is 5.75 Å². The average Bonchev–Trinajstić information content (AvgIpc) is 2.48. The standard InChI is InChI=1S/C17H19NO2/c1-20-17-8-3-2-6-16(17)18-15-7-4-5-12-9-10-13(19)11-14(12)15/h2-3,6,8-11,15,18-19H,4-5,7H2,1H3. The van der Waals surface area contributed by atoms with E-state index in [1.807, 2.05) is 36.4 Å². The van der Waals surface area contributed by atoms with Crippen LogP contribution in [0.4, 0.5) is 5.69 Å². The number of phenols is 1. The predicted molar refractivity (Wildman–Crippen MR) is 80.4 cm³/mol. The molecule has 1 atom stereocenters. The molecule has 20 heavy (non-hydrogen) atoms. The smallest absolute Gasteiger partial charge is 0.141 e. The number of para-hydroxylation sites is 2. The molecule has 0 radical (unpaired) electrons. The summed E-state index contributed by atoms with van der Waals surface area (Å²) in [6.45, 7) is 0. The van der Waals surface area contributed by atoms with Crippen molar-refractivity contribution in [2.45, 2.75) is 25.3 Å². The molecule has 0 saturated heterocycles. The van der Waals surface area contributed by atoms with E-state index >= 15 is 0 Å². The lowest BCUT2D eigenvalue weighted by Gasteiger charge is -2.28. The molecule has 3 heteroatoms. The molecule has 1 unspecified atom stereocenters. The van der Waals surface area contributed by atoms with E-state index in [1.54, 1.807) is 13.2 Å². The van der Waals surface area contributed by atoms with Crippen LogP contribution in [0.25, 0.3) is 0 Å². The molecule has 0 aliphatic heterocycles. The fourth-order valence-electron chi connectivity index (χ4n) is 2.89. The van der Waals surface area contributed by atoms with Gasteiger partial charge in [0.1, 0.15) is 11.5 Å². The number of ether oxygens (including phenoxy) is 1. The van der Waals surface area contributed by atoms with Crippen LogP contribution in [-0.2, 0) is 6.42 Å². The Hall–Kier alpha value is -2.16. The minimum atomic E-state index is 0.224. The van der Waals surface area contributed by atoms with Crippen LogP contribution in [0, 0.1) is 0 Å². The molecule has 2 aromatic rings. The van der Waals surface area contributed by atoms with Crippen LogP contribution in [0.15, 0.2) is 42.5 Å². The van der Waals surface area contributed by atoms with Crippen molar-refractivity contribution < 1.29 is 9.84 Å². The number of hydrogen-bond donors (Lipinski definition) is 2. The van der Waals surface area contributed by atoms with Crippen LogP contribution in [0.5, 0.6) is 11.5 Å². The van der Waals surface area contributed by atoms with Crippen molar-refractivity contribution in [3.05, 3.63) is 53.6 Å². The first-order valence-electron chi connectivity index (χ1n) is 6.99. The Labute approximate surface area is 119 Å². The van der Waals surface area contributed by atoms with E-state index < -0.39 is 0 Å². The van der Waals surface area contributed by atoms with Crippen LogP contribution in [0.1, 0.15) is 30.0 Å². The summed E-state index contributed by atoms with van der Waals surface area (Å²) in [7, 11) is 1.68. The van der Waals surface area contributed by atoms with Crippen molar-refractivity contribution in [1.82, 2.24) is 0 Å². The van der Waals surface area contributed by atoms with Crippen molar-refractivity contribution in [2.24, 2.45) is 0 Å². The summed E-state index contributed by atoms with van der Waals surface area (Å²) >= 11 is 0. The molecule has 2 aromatic carbocycles. The quantitative estimate of drug-likeness (QED) is 0.888. The van der Waals surface area contributed by atoms with Gasteiger partial charge in [-0.05, 0) is 54.7 Å². The third-order valence-corrected chi connectivity index (χ3v) is 3.88. The van der Waals surface area contributed by atoms with E-state index in [-0.39, 0.29) is 6.04 Å². The van der Waals surface area contributed by atoms with Crippen LogP contribution in [0.2, 0.25) is 0 Å². The molecule has 2 N–H and O–H groups in total. The van der Waals surface area contributed by atoms with Gasteiger partial charge in [-0.1, -0.05) is 18.2 Å². The summed E-state index contributed by atoms with van der Waals surface area (Å²) in [6.07, 6.45) is 3.30. The SMILES string of the molecule is COc1ccccc1NC1CCCc2ccc(O)cc21. The number of methoxy groups -OCH3 is 1. The zero-order valence-corrected chi connectivity index (χ0v) is 11.6. The minimum absolute atomic E-state index is 0.224. The molecule has 0 bridgehead atoms. The molecular weight excluding hydrogens is 250 g/mol. The number of aryl methyl sites for hydroxylation is 1. The van der Waals surface area contributed by atoms with Crippen molar-refractivity contribution >= 4 is 5.69 Å².